The Balaban J connectivity index is 1.55. The number of amides is 3. The average Bonchev–Trinajstić information content (AvgIpc) is 3.11. The number of benzene rings is 2. The third-order valence-corrected chi connectivity index (χ3v) is 4.74. The fourth-order valence-corrected chi connectivity index (χ4v) is 3.18. The molecule has 1 fully saturated rings. The number of nitrogens with zero attached hydrogens (tertiary/aromatic N) is 1. The van der Waals surface area contributed by atoms with Crippen LogP contribution in [0.4, 0.5) is 21.5 Å². The Morgan fingerprint density at radius 2 is 1.68 bits per heavy atom. The van der Waals surface area contributed by atoms with Crippen molar-refractivity contribution in [3.05, 3.63) is 54.3 Å². The number of carbonyl (C=O) groups excluding carboxylic acids is 4. The van der Waals surface area contributed by atoms with Gasteiger partial charge in [-0.15, -0.1) is 0 Å². The van der Waals surface area contributed by atoms with Gasteiger partial charge in [-0.05, 0) is 43.3 Å². The molecule has 0 saturated carbocycles. The van der Waals surface area contributed by atoms with Crippen LogP contribution in [-0.4, -0.2) is 36.3 Å². The van der Waals surface area contributed by atoms with Gasteiger partial charge in [0.05, 0.1) is 11.6 Å². The van der Waals surface area contributed by atoms with Crippen molar-refractivity contribution in [1.82, 2.24) is 0 Å². The lowest BCUT2D eigenvalue weighted by Gasteiger charge is -2.18. The Kier molecular flexibility index (Phi) is 6.64. The number of rotatable bonds is 6. The molecule has 3 rings (SSSR count). The van der Waals surface area contributed by atoms with E-state index in [9.17, 15) is 23.6 Å². The minimum absolute atomic E-state index is 0.0163. The SMILES string of the molecule is CC(=O)Nc1ccc(NC(=O)C(C)OC(=O)C2CC(=O)N(c3ccccc3F)C2)cc1. The second-order valence-corrected chi connectivity index (χ2v) is 7.18. The van der Waals surface area contributed by atoms with Crippen LogP contribution >= 0.6 is 0 Å². The van der Waals surface area contributed by atoms with Gasteiger partial charge >= 0.3 is 5.97 Å². The second kappa shape index (κ2) is 9.38. The maximum Gasteiger partial charge on any atom is 0.312 e. The largest absolute Gasteiger partial charge is 0.452 e. The maximum absolute atomic E-state index is 14.0. The number of carbonyl (C=O) groups is 4. The summed E-state index contributed by atoms with van der Waals surface area (Å²) >= 11 is 0. The van der Waals surface area contributed by atoms with E-state index in [0.29, 0.717) is 11.4 Å². The number of esters is 1. The summed E-state index contributed by atoms with van der Waals surface area (Å²) in [4.78, 5) is 49.3. The van der Waals surface area contributed by atoms with Crippen molar-refractivity contribution in [3.8, 4) is 0 Å². The van der Waals surface area contributed by atoms with Crippen molar-refractivity contribution in [3.63, 3.8) is 0 Å². The lowest BCUT2D eigenvalue weighted by molar-refractivity contribution is -0.157. The van der Waals surface area contributed by atoms with Crippen LogP contribution < -0.4 is 15.5 Å². The molecule has 2 aromatic carbocycles. The van der Waals surface area contributed by atoms with Gasteiger partial charge in [0.1, 0.15) is 5.82 Å². The number of ether oxygens (including phenoxy) is 1. The molecule has 0 bridgehead atoms. The van der Waals surface area contributed by atoms with Crippen LogP contribution in [0.1, 0.15) is 20.3 Å². The third kappa shape index (κ3) is 5.44. The van der Waals surface area contributed by atoms with Crippen LogP contribution in [0.25, 0.3) is 0 Å². The summed E-state index contributed by atoms with van der Waals surface area (Å²) in [5.41, 5.74) is 1.15. The predicted octanol–water partition coefficient (Wildman–Crippen LogP) is 2.71. The van der Waals surface area contributed by atoms with E-state index < -0.39 is 29.7 Å². The summed E-state index contributed by atoms with van der Waals surface area (Å²) in [6, 6.07) is 12.3. The fourth-order valence-electron chi connectivity index (χ4n) is 3.18. The molecule has 1 aliphatic rings. The summed E-state index contributed by atoms with van der Waals surface area (Å²) in [7, 11) is 0. The Labute approximate surface area is 178 Å². The molecule has 0 aromatic heterocycles. The standard InChI is InChI=1S/C22H22FN3O5/c1-13(21(29)25-17-9-7-16(8-10-17)24-14(2)27)31-22(30)15-11-20(28)26(12-15)19-6-4-3-5-18(19)23/h3-10,13,15H,11-12H2,1-2H3,(H,24,27)(H,25,29). The van der Waals surface area contributed by atoms with Gasteiger partial charge in [0.25, 0.3) is 5.91 Å². The van der Waals surface area contributed by atoms with E-state index in [1.165, 1.54) is 36.9 Å². The fraction of sp³-hybridized carbons (Fsp3) is 0.273. The summed E-state index contributed by atoms with van der Waals surface area (Å²) in [6.07, 6.45) is -1.22. The quantitative estimate of drug-likeness (QED) is 0.690. The Morgan fingerprint density at radius 1 is 1.06 bits per heavy atom. The van der Waals surface area contributed by atoms with E-state index in [-0.39, 0.29) is 30.5 Å². The van der Waals surface area contributed by atoms with Crippen LogP contribution in [0.5, 0.6) is 0 Å². The summed E-state index contributed by atoms with van der Waals surface area (Å²) in [5.74, 6) is -3.19. The van der Waals surface area contributed by atoms with Crippen LogP contribution in [0.15, 0.2) is 48.5 Å². The smallest absolute Gasteiger partial charge is 0.312 e. The molecular formula is C22H22FN3O5. The van der Waals surface area contributed by atoms with Crippen LogP contribution in [0, 0.1) is 11.7 Å². The molecule has 3 amide bonds. The molecule has 1 heterocycles. The molecule has 2 aromatic rings. The van der Waals surface area contributed by atoms with Crippen molar-refractivity contribution in [1.29, 1.82) is 0 Å². The third-order valence-electron chi connectivity index (χ3n) is 4.74. The first-order valence-electron chi connectivity index (χ1n) is 9.68. The molecule has 1 aliphatic heterocycles. The van der Waals surface area contributed by atoms with Crippen LogP contribution in [0.2, 0.25) is 0 Å². The molecule has 2 N–H and O–H groups in total. The zero-order chi connectivity index (χ0) is 22.5. The van der Waals surface area contributed by atoms with Gasteiger partial charge < -0.3 is 20.3 Å². The Hall–Kier alpha value is -3.75. The highest BCUT2D eigenvalue weighted by atomic mass is 19.1. The van der Waals surface area contributed by atoms with E-state index in [1.807, 2.05) is 0 Å². The average molecular weight is 427 g/mol. The molecule has 1 saturated heterocycles. The summed E-state index contributed by atoms with van der Waals surface area (Å²) in [6.45, 7) is 2.79. The molecule has 2 unspecified atom stereocenters. The number of anilines is 3. The van der Waals surface area contributed by atoms with Crippen molar-refractivity contribution in [2.45, 2.75) is 26.4 Å². The topological polar surface area (TPSA) is 105 Å². The van der Waals surface area contributed by atoms with Gasteiger partial charge in [0, 0.05) is 31.3 Å². The van der Waals surface area contributed by atoms with Gasteiger partial charge in [-0.3, -0.25) is 19.2 Å². The predicted molar refractivity (Wildman–Crippen MR) is 112 cm³/mol. The number of para-hydroxylation sites is 1. The van der Waals surface area contributed by atoms with Gasteiger partial charge in [-0.2, -0.15) is 0 Å². The zero-order valence-electron chi connectivity index (χ0n) is 17.1. The van der Waals surface area contributed by atoms with E-state index in [4.69, 9.17) is 4.74 Å². The number of hydrogen-bond acceptors (Lipinski definition) is 5. The Morgan fingerprint density at radius 3 is 2.29 bits per heavy atom. The Bertz CT molecular complexity index is 1010. The first kappa shape index (κ1) is 21.9. The van der Waals surface area contributed by atoms with Crippen molar-refractivity contribution < 1.29 is 28.3 Å². The highest BCUT2D eigenvalue weighted by molar-refractivity contribution is 6.00. The van der Waals surface area contributed by atoms with E-state index >= 15 is 0 Å². The van der Waals surface area contributed by atoms with Crippen molar-refractivity contribution in [2.24, 2.45) is 5.92 Å². The number of halogens is 1. The van der Waals surface area contributed by atoms with Gasteiger partial charge in [0.15, 0.2) is 6.10 Å². The monoisotopic (exact) mass is 427 g/mol. The maximum atomic E-state index is 14.0. The minimum Gasteiger partial charge on any atom is -0.452 e. The first-order valence-corrected chi connectivity index (χ1v) is 9.68. The van der Waals surface area contributed by atoms with Crippen LogP contribution in [0.3, 0.4) is 0 Å². The molecule has 0 spiro atoms. The molecule has 162 valence electrons. The van der Waals surface area contributed by atoms with E-state index in [1.54, 1.807) is 30.3 Å². The second-order valence-electron chi connectivity index (χ2n) is 7.18. The molecule has 8 nitrogen and oxygen atoms in total. The highest BCUT2D eigenvalue weighted by Crippen LogP contribution is 2.28. The van der Waals surface area contributed by atoms with Crippen molar-refractivity contribution >= 4 is 40.8 Å². The lowest BCUT2D eigenvalue weighted by atomic mass is 10.1. The van der Waals surface area contributed by atoms with Crippen molar-refractivity contribution in [2.75, 3.05) is 22.1 Å². The van der Waals surface area contributed by atoms with E-state index in [0.717, 1.165) is 0 Å². The summed E-state index contributed by atoms with van der Waals surface area (Å²) < 4.78 is 19.2. The number of hydrogen-bond donors (Lipinski definition) is 2. The van der Waals surface area contributed by atoms with E-state index in [2.05, 4.69) is 10.6 Å². The molecular weight excluding hydrogens is 405 g/mol. The minimum atomic E-state index is -1.10. The van der Waals surface area contributed by atoms with Gasteiger partial charge in [-0.25, -0.2) is 4.39 Å². The molecule has 2 atom stereocenters. The first-order chi connectivity index (χ1) is 14.7. The molecule has 0 radical (unpaired) electrons. The van der Waals surface area contributed by atoms with Gasteiger partial charge in [0.2, 0.25) is 11.8 Å². The molecule has 31 heavy (non-hydrogen) atoms. The summed E-state index contributed by atoms with van der Waals surface area (Å²) in [5, 5.41) is 5.23. The lowest BCUT2D eigenvalue weighted by Crippen LogP contribution is -2.33. The molecule has 9 heteroatoms. The van der Waals surface area contributed by atoms with Crippen LogP contribution in [-0.2, 0) is 23.9 Å². The normalized spacial score (nSPS) is 16.5. The van der Waals surface area contributed by atoms with Gasteiger partial charge in [-0.1, -0.05) is 12.1 Å². The zero-order valence-corrected chi connectivity index (χ0v) is 17.1. The number of nitrogens with one attached hydrogen (secondary N) is 2. The molecule has 0 aliphatic carbocycles. The highest BCUT2D eigenvalue weighted by Gasteiger charge is 2.38.